The van der Waals surface area contributed by atoms with Crippen molar-refractivity contribution < 1.29 is 14.3 Å². The number of benzene rings is 1. The fourth-order valence-corrected chi connectivity index (χ4v) is 5.96. The quantitative estimate of drug-likeness (QED) is 0.417. The fourth-order valence-electron chi connectivity index (χ4n) is 5.96. The van der Waals surface area contributed by atoms with Crippen LogP contribution in [0.15, 0.2) is 42.9 Å². The highest BCUT2D eigenvalue weighted by Crippen LogP contribution is 2.44. The summed E-state index contributed by atoms with van der Waals surface area (Å²) in [5, 5.41) is 7.04. The molecule has 0 bridgehead atoms. The molecule has 38 heavy (non-hydrogen) atoms. The smallest absolute Gasteiger partial charge is 0.248 e. The number of H-pyrrole nitrogens is 1. The molecule has 0 unspecified atom stereocenters. The van der Waals surface area contributed by atoms with Gasteiger partial charge >= 0.3 is 0 Å². The van der Waals surface area contributed by atoms with Crippen molar-refractivity contribution in [1.82, 2.24) is 30.5 Å². The second-order valence-electron chi connectivity index (χ2n) is 10.4. The number of likely N-dealkylation sites (N-methyl/N-ethyl adjacent to an activating group) is 1. The van der Waals surface area contributed by atoms with Crippen LogP contribution in [0.5, 0.6) is 0 Å². The number of carbonyl (C=O) groups is 2. The Morgan fingerprint density at radius 1 is 1.21 bits per heavy atom. The SMILES string of the molecule is CN[C@@H](C)C(=O)N[C@H](C(=O)N1CC[C@@H]2[C@H]1[C@@H](c1c[nH]c3cc(C)ccc13)CN2c1ncccn1)[C@@H](C)OC. The first kappa shape index (κ1) is 26.1. The third-order valence-corrected chi connectivity index (χ3v) is 8.22. The van der Waals surface area contributed by atoms with Crippen molar-refractivity contribution in [2.45, 2.75) is 63.4 Å². The Hall–Kier alpha value is -3.50. The van der Waals surface area contributed by atoms with Crippen LogP contribution < -0.4 is 15.5 Å². The van der Waals surface area contributed by atoms with Crippen molar-refractivity contribution in [2.75, 3.05) is 32.1 Å². The van der Waals surface area contributed by atoms with Crippen molar-refractivity contribution >= 4 is 28.7 Å². The highest BCUT2D eigenvalue weighted by Gasteiger charge is 2.53. The second-order valence-corrected chi connectivity index (χ2v) is 10.4. The minimum absolute atomic E-state index is 0.0390. The van der Waals surface area contributed by atoms with Crippen LogP contribution in [0, 0.1) is 6.92 Å². The number of nitrogens with zero attached hydrogens (tertiary/aromatic N) is 4. The maximum absolute atomic E-state index is 14.2. The molecule has 0 spiro atoms. The summed E-state index contributed by atoms with van der Waals surface area (Å²) in [6.45, 7) is 6.94. The molecule has 2 aliphatic rings. The normalized spacial score (nSPS) is 23.3. The number of rotatable bonds is 8. The van der Waals surface area contributed by atoms with Crippen LogP contribution in [-0.4, -0.2) is 89.2 Å². The molecule has 0 saturated carbocycles. The lowest BCUT2D eigenvalue weighted by molar-refractivity contribution is -0.141. The first-order chi connectivity index (χ1) is 18.3. The third-order valence-electron chi connectivity index (χ3n) is 8.22. The lowest BCUT2D eigenvalue weighted by Gasteiger charge is -2.34. The molecule has 5 rings (SSSR count). The first-order valence-electron chi connectivity index (χ1n) is 13.3. The minimum atomic E-state index is -0.796. The van der Waals surface area contributed by atoms with Crippen LogP contribution in [0.25, 0.3) is 10.9 Å². The number of carbonyl (C=O) groups excluding carboxylic acids is 2. The van der Waals surface area contributed by atoms with Gasteiger partial charge in [0, 0.05) is 55.6 Å². The van der Waals surface area contributed by atoms with Gasteiger partial charge in [0.2, 0.25) is 17.8 Å². The van der Waals surface area contributed by atoms with E-state index in [-0.39, 0.29) is 29.8 Å². The average molecular weight is 520 g/mol. The van der Waals surface area contributed by atoms with Crippen LogP contribution in [0.3, 0.4) is 0 Å². The third kappa shape index (κ3) is 4.63. The van der Waals surface area contributed by atoms with Gasteiger partial charge in [-0.05, 0) is 57.5 Å². The molecular weight excluding hydrogens is 482 g/mol. The van der Waals surface area contributed by atoms with Gasteiger partial charge in [-0.15, -0.1) is 0 Å². The number of methoxy groups -OCH3 is 1. The van der Waals surface area contributed by atoms with E-state index in [1.807, 2.05) is 17.9 Å². The summed E-state index contributed by atoms with van der Waals surface area (Å²) in [4.78, 5) is 43.7. The van der Waals surface area contributed by atoms with E-state index in [4.69, 9.17) is 4.74 Å². The van der Waals surface area contributed by atoms with Crippen LogP contribution in [-0.2, 0) is 14.3 Å². The number of hydrogen-bond donors (Lipinski definition) is 3. The van der Waals surface area contributed by atoms with Crippen LogP contribution in [0.1, 0.15) is 37.3 Å². The molecule has 2 fully saturated rings. The summed E-state index contributed by atoms with van der Waals surface area (Å²) in [6, 6.07) is 6.97. The average Bonchev–Trinajstić information content (AvgIpc) is 3.64. The molecule has 2 saturated heterocycles. The Morgan fingerprint density at radius 3 is 2.68 bits per heavy atom. The Bertz CT molecular complexity index is 1300. The molecule has 0 aliphatic carbocycles. The van der Waals surface area contributed by atoms with Gasteiger partial charge in [0.1, 0.15) is 6.04 Å². The van der Waals surface area contributed by atoms with E-state index in [0.717, 1.165) is 17.3 Å². The standard InChI is InChI=1S/C28H37N7O3/c1-16-7-8-19-20(14-32-22(19)13-16)21-15-35(28-30-10-6-11-31-28)23-9-12-34(25(21)23)27(37)24(18(3)38-5)33-26(36)17(2)29-4/h6-8,10-11,13-14,17-18,21,23-25,29,32H,9,12,15H2,1-5H3,(H,33,36)/t17-,18+,21+,23+,24-,25+/m0/s1. The van der Waals surface area contributed by atoms with Gasteiger partial charge in [-0.3, -0.25) is 9.59 Å². The van der Waals surface area contributed by atoms with Crippen molar-refractivity contribution in [3.8, 4) is 0 Å². The molecule has 10 heteroatoms. The van der Waals surface area contributed by atoms with Crippen LogP contribution >= 0.6 is 0 Å². The maximum Gasteiger partial charge on any atom is 0.248 e. The number of aromatic amines is 1. The number of amides is 2. The van der Waals surface area contributed by atoms with E-state index in [9.17, 15) is 9.59 Å². The number of nitrogens with one attached hydrogen (secondary N) is 3. The molecule has 2 amide bonds. The number of ether oxygens (including phenoxy) is 1. The second kappa shape index (κ2) is 10.7. The van der Waals surface area contributed by atoms with E-state index < -0.39 is 18.2 Å². The predicted molar refractivity (Wildman–Crippen MR) is 146 cm³/mol. The molecule has 0 radical (unpaired) electrons. The zero-order valence-electron chi connectivity index (χ0n) is 22.6. The van der Waals surface area contributed by atoms with E-state index in [0.29, 0.717) is 19.0 Å². The maximum atomic E-state index is 14.2. The van der Waals surface area contributed by atoms with Gasteiger partial charge in [-0.1, -0.05) is 12.1 Å². The summed E-state index contributed by atoms with van der Waals surface area (Å²) in [7, 11) is 3.28. The van der Waals surface area contributed by atoms with E-state index in [2.05, 4.69) is 61.8 Å². The largest absolute Gasteiger partial charge is 0.379 e. The number of aromatic nitrogens is 3. The monoisotopic (exact) mass is 519 g/mol. The minimum Gasteiger partial charge on any atom is -0.379 e. The molecule has 2 aromatic heterocycles. The van der Waals surface area contributed by atoms with E-state index >= 15 is 0 Å². The lowest BCUT2D eigenvalue weighted by Crippen LogP contribution is -2.58. The van der Waals surface area contributed by atoms with Crippen molar-refractivity contribution in [1.29, 1.82) is 0 Å². The van der Waals surface area contributed by atoms with E-state index in [1.54, 1.807) is 33.5 Å². The lowest BCUT2D eigenvalue weighted by atomic mass is 9.90. The Kier molecular flexibility index (Phi) is 7.36. The summed E-state index contributed by atoms with van der Waals surface area (Å²) < 4.78 is 5.56. The Labute approximate surface area is 223 Å². The summed E-state index contributed by atoms with van der Waals surface area (Å²) >= 11 is 0. The van der Waals surface area contributed by atoms with Crippen LogP contribution in [0.2, 0.25) is 0 Å². The molecule has 6 atom stereocenters. The number of hydrogen-bond acceptors (Lipinski definition) is 7. The Balaban J connectivity index is 1.52. The van der Waals surface area contributed by atoms with Crippen molar-refractivity contribution in [2.24, 2.45) is 0 Å². The molecule has 4 heterocycles. The van der Waals surface area contributed by atoms with E-state index in [1.165, 1.54) is 11.1 Å². The topological polar surface area (TPSA) is 115 Å². The summed E-state index contributed by atoms with van der Waals surface area (Å²) in [5.41, 5.74) is 3.45. The van der Waals surface area contributed by atoms with Crippen molar-refractivity contribution in [3.05, 3.63) is 54.0 Å². The highest BCUT2D eigenvalue weighted by molar-refractivity contribution is 5.91. The first-order valence-corrected chi connectivity index (χ1v) is 13.3. The highest BCUT2D eigenvalue weighted by atomic mass is 16.5. The Morgan fingerprint density at radius 2 is 1.97 bits per heavy atom. The van der Waals surface area contributed by atoms with Gasteiger partial charge in [0.05, 0.1) is 24.2 Å². The number of fused-ring (bicyclic) bond motifs is 2. The van der Waals surface area contributed by atoms with Crippen molar-refractivity contribution in [3.63, 3.8) is 0 Å². The molecule has 3 aromatic rings. The zero-order chi connectivity index (χ0) is 27.0. The molecule has 1 aromatic carbocycles. The van der Waals surface area contributed by atoms with Crippen LogP contribution in [0.4, 0.5) is 5.95 Å². The number of aryl methyl sites for hydroxylation is 1. The molecule has 10 nitrogen and oxygen atoms in total. The number of likely N-dealkylation sites (tertiary alicyclic amines) is 1. The summed E-state index contributed by atoms with van der Waals surface area (Å²) in [5.74, 6) is 0.352. The molecular formula is C28H37N7O3. The van der Waals surface area contributed by atoms with Gasteiger partial charge < -0.3 is 30.2 Å². The zero-order valence-corrected chi connectivity index (χ0v) is 22.6. The van der Waals surface area contributed by atoms with Gasteiger partial charge in [-0.2, -0.15) is 0 Å². The summed E-state index contributed by atoms with van der Waals surface area (Å²) in [6.07, 6.45) is 5.89. The molecule has 202 valence electrons. The van der Waals surface area contributed by atoms with Gasteiger partial charge in [0.25, 0.3) is 0 Å². The predicted octanol–water partition coefficient (Wildman–Crippen LogP) is 1.97. The molecule has 3 N–H and O–H groups in total. The number of anilines is 1. The van der Waals surface area contributed by atoms with Gasteiger partial charge in [-0.25, -0.2) is 9.97 Å². The molecule has 2 aliphatic heterocycles. The fraction of sp³-hybridized carbons (Fsp3) is 0.500. The van der Waals surface area contributed by atoms with Gasteiger partial charge in [0.15, 0.2) is 0 Å².